The average molecular weight is 332 g/mol. The van der Waals surface area contributed by atoms with Crippen molar-refractivity contribution in [2.45, 2.75) is 31.5 Å². The highest BCUT2D eigenvalue weighted by Crippen LogP contribution is 2.17. The Labute approximate surface area is 131 Å². The molecule has 0 spiro atoms. The van der Waals surface area contributed by atoms with Crippen LogP contribution in [0, 0.1) is 0 Å². The molecule has 1 aromatic rings. The van der Waals surface area contributed by atoms with Crippen LogP contribution in [-0.2, 0) is 9.59 Å². The van der Waals surface area contributed by atoms with Gasteiger partial charge >= 0.3 is 12.1 Å². The predicted octanol–water partition coefficient (Wildman–Crippen LogP) is 2.33. The Morgan fingerprint density at radius 1 is 1.17 bits per heavy atom. The van der Waals surface area contributed by atoms with Gasteiger partial charge < -0.3 is 15.7 Å². The standard InChI is InChI=1S/C13H18N2O.C2HF3O2/c14-12(11-6-2-1-3-7-11)10-13(16)15-8-4-5-9-15;3-2(4,5)1(6)7/h1-3,6-7,12H,4-5,8-10,14H2;(H,6,7). The number of amides is 1. The Bertz CT molecular complexity index is 514. The van der Waals surface area contributed by atoms with E-state index >= 15 is 0 Å². The zero-order chi connectivity index (χ0) is 17.5. The molecular weight excluding hydrogens is 313 g/mol. The molecule has 1 aliphatic rings. The molecule has 1 unspecified atom stereocenters. The van der Waals surface area contributed by atoms with E-state index in [1.165, 1.54) is 0 Å². The maximum Gasteiger partial charge on any atom is 0.490 e. The van der Waals surface area contributed by atoms with Crippen LogP contribution in [-0.4, -0.2) is 41.1 Å². The second kappa shape index (κ2) is 8.52. The first kappa shape index (κ1) is 19.0. The fourth-order valence-corrected chi connectivity index (χ4v) is 2.10. The third-order valence-corrected chi connectivity index (χ3v) is 3.32. The van der Waals surface area contributed by atoms with Crippen molar-refractivity contribution < 1.29 is 27.9 Å². The lowest BCUT2D eigenvalue weighted by Crippen LogP contribution is -2.30. The fraction of sp³-hybridized carbons (Fsp3) is 0.467. The van der Waals surface area contributed by atoms with Crippen LogP contribution in [0.1, 0.15) is 30.9 Å². The van der Waals surface area contributed by atoms with Gasteiger partial charge in [-0.15, -0.1) is 0 Å². The fourth-order valence-electron chi connectivity index (χ4n) is 2.10. The number of carboxylic acid groups (broad SMARTS) is 1. The normalized spacial score (nSPS) is 15.6. The first-order valence-corrected chi connectivity index (χ1v) is 7.10. The number of aliphatic carboxylic acids is 1. The summed E-state index contributed by atoms with van der Waals surface area (Å²) >= 11 is 0. The number of benzene rings is 1. The molecular formula is C15H19F3N2O3. The van der Waals surface area contributed by atoms with Gasteiger partial charge in [0.1, 0.15) is 0 Å². The number of carbonyl (C=O) groups is 2. The zero-order valence-corrected chi connectivity index (χ0v) is 12.4. The third kappa shape index (κ3) is 6.68. The Morgan fingerprint density at radius 3 is 2.09 bits per heavy atom. The van der Waals surface area contributed by atoms with Gasteiger partial charge in [0.15, 0.2) is 0 Å². The molecule has 0 bridgehead atoms. The van der Waals surface area contributed by atoms with Crippen molar-refractivity contribution in [1.29, 1.82) is 0 Å². The van der Waals surface area contributed by atoms with Gasteiger partial charge in [0, 0.05) is 25.6 Å². The van der Waals surface area contributed by atoms with Crippen LogP contribution < -0.4 is 5.73 Å². The summed E-state index contributed by atoms with van der Waals surface area (Å²) in [6.07, 6.45) is -2.40. The molecule has 128 valence electrons. The van der Waals surface area contributed by atoms with Crippen LogP contribution >= 0.6 is 0 Å². The molecule has 1 fully saturated rings. The minimum atomic E-state index is -5.08. The van der Waals surface area contributed by atoms with E-state index in [9.17, 15) is 18.0 Å². The monoisotopic (exact) mass is 332 g/mol. The molecule has 3 N–H and O–H groups in total. The van der Waals surface area contributed by atoms with Crippen LogP contribution in [0.3, 0.4) is 0 Å². The first-order chi connectivity index (χ1) is 10.7. The van der Waals surface area contributed by atoms with Crippen LogP contribution in [0.5, 0.6) is 0 Å². The van der Waals surface area contributed by atoms with Crippen LogP contribution in [0.25, 0.3) is 0 Å². The number of nitrogens with two attached hydrogens (primary N) is 1. The number of hydrogen-bond donors (Lipinski definition) is 2. The molecule has 1 saturated heterocycles. The lowest BCUT2D eigenvalue weighted by Gasteiger charge is -2.18. The maximum absolute atomic E-state index is 11.9. The molecule has 8 heteroatoms. The van der Waals surface area contributed by atoms with Gasteiger partial charge in [-0.25, -0.2) is 4.79 Å². The van der Waals surface area contributed by atoms with Gasteiger partial charge in [-0.3, -0.25) is 4.79 Å². The minimum absolute atomic E-state index is 0.172. The topological polar surface area (TPSA) is 83.6 Å². The van der Waals surface area contributed by atoms with Crippen molar-refractivity contribution in [3.05, 3.63) is 35.9 Å². The van der Waals surface area contributed by atoms with Crippen molar-refractivity contribution in [1.82, 2.24) is 4.90 Å². The molecule has 1 aliphatic heterocycles. The SMILES string of the molecule is NC(CC(=O)N1CCCC1)c1ccccc1.O=C(O)C(F)(F)F. The van der Waals surface area contributed by atoms with E-state index in [-0.39, 0.29) is 11.9 Å². The maximum atomic E-state index is 11.9. The Balaban J connectivity index is 0.000000322. The number of alkyl halides is 3. The average Bonchev–Trinajstić information content (AvgIpc) is 3.02. The summed E-state index contributed by atoms with van der Waals surface area (Å²) < 4.78 is 31.7. The van der Waals surface area contributed by atoms with Crippen molar-refractivity contribution >= 4 is 11.9 Å². The number of nitrogens with zero attached hydrogens (tertiary/aromatic N) is 1. The predicted molar refractivity (Wildman–Crippen MR) is 77.5 cm³/mol. The van der Waals surface area contributed by atoms with E-state index in [0.717, 1.165) is 31.5 Å². The number of halogens is 3. The summed E-state index contributed by atoms with van der Waals surface area (Å²) in [5.41, 5.74) is 7.05. The molecule has 1 amide bonds. The quantitative estimate of drug-likeness (QED) is 0.890. The summed E-state index contributed by atoms with van der Waals surface area (Å²) in [6, 6.07) is 9.64. The Hall–Kier alpha value is -2.09. The summed E-state index contributed by atoms with van der Waals surface area (Å²) in [4.78, 5) is 22.7. The van der Waals surface area contributed by atoms with E-state index in [0.29, 0.717) is 6.42 Å². The van der Waals surface area contributed by atoms with Gasteiger partial charge in [-0.05, 0) is 18.4 Å². The van der Waals surface area contributed by atoms with Gasteiger partial charge in [0.05, 0.1) is 0 Å². The highest BCUT2D eigenvalue weighted by atomic mass is 19.4. The minimum Gasteiger partial charge on any atom is -0.475 e. The summed E-state index contributed by atoms with van der Waals surface area (Å²) in [5.74, 6) is -2.57. The second-order valence-corrected chi connectivity index (χ2v) is 5.11. The molecule has 0 saturated carbocycles. The summed E-state index contributed by atoms with van der Waals surface area (Å²) in [7, 11) is 0. The van der Waals surface area contributed by atoms with Crippen molar-refractivity contribution in [3.63, 3.8) is 0 Å². The Kier molecular flexibility index (Phi) is 7.02. The molecule has 0 aliphatic carbocycles. The van der Waals surface area contributed by atoms with Crippen LogP contribution in [0.15, 0.2) is 30.3 Å². The van der Waals surface area contributed by atoms with Gasteiger partial charge in [-0.1, -0.05) is 30.3 Å². The lowest BCUT2D eigenvalue weighted by atomic mass is 10.0. The van der Waals surface area contributed by atoms with E-state index in [4.69, 9.17) is 15.6 Å². The molecule has 1 heterocycles. The molecule has 5 nitrogen and oxygen atoms in total. The summed E-state index contributed by atoms with van der Waals surface area (Å²) in [6.45, 7) is 1.81. The van der Waals surface area contributed by atoms with Crippen molar-refractivity contribution in [2.24, 2.45) is 5.73 Å². The first-order valence-electron chi connectivity index (χ1n) is 7.10. The molecule has 1 aromatic carbocycles. The van der Waals surface area contributed by atoms with Crippen LogP contribution in [0.4, 0.5) is 13.2 Å². The number of rotatable bonds is 3. The molecule has 23 heavy (non-hydrogen) atoms. The van der Waals surface area contributed by atoms with E-state index in [1.807, 2.05) is 35.2 Å². The number of likely N-dealkylation sites (tertiary alicyclic amines) is 1. The summed E-state index contributed by atoms with van der Waals surface area (Å²) in [5, 5.41) is 7.12. The Morgan fingerprint density at radius 2 is 1.65 bits per heavy atom. The number of hydrogen-bond acceptors (Lipinski definition) is 3. The molecule has 0 radical (unpaired) electrons. The highest BCUT2D eigenvalue weighted by Gasteiger charge is 2.38. The van der Waals surface area contributed by atoms with Crippen molar-refractivity contribution in [2.75, 3.05) is 13.1 Å². The largest absolute Gasteiger partial charge is 0.490 e. The van der Waals surface area contributed by atoms with E-state index in [2.05, 4.69) is 0 Å². The van der Waals surface area contributed by atoms with Gasteiger partial charge in [0.2, 0.25) is 5.91 Å². The van der Waals surface area contributed by atoms with E-state index < -0.39 is 12.1 Å². The molecule has 1 atom stereocenters. The number of carboxylic acids is 1. The third-order valence-electron chi connectivity index (χ3n) is 3.32. The zero-order valence-electron chi connectivity index (χ0n) is 12.4. The van der Waals surface area contributed by atoms with Gasteiger partial charge in [-0.2, -0.15) is 13.2 Å². The van der Waals surface area contributed by atoms with Crippen LogP contribution in [0.2, 0.25) is 0 Å². The smallest absolute Gasteiger partial charge is 0.475 e. The second-order valence-electron chi connectivity index (χ2n) is 5.11. The van der Waals surface area contributed by atoms with E-state index in [1.54, 1.807) is 0 Å². The molecule has 0 aromatic heterocycles. The van der Waals surface area contributed by atoms with Crippen molar-refractivity contribution in [3.8, 4) is 0 Å². The number of carbonyl (C=O) groups excluding carboxylic acids is 1. The lowest BCUT2D eigenvalue weighted by molar-refractivity contribution is -0.192. The molecule has 2 rings (SSSR count). The highest BCUT2D eigenvalue weighted by molar-refractivity contribution is 5.77. The van der Waals surface area contributed by atoms with Gasteiger partial charge in [0.25, 0.3) is 0 Å².